The Kier molecular flexibility index (Phi) is 4.89. The highest BCUT2D eigenvalue weighted by Gasteiger charge is 2.12. The fourth-order valence-corrected chi connectivity index (χ4v) is 3.37. The number of nitrogens with zero attached hydrogens (tertiary/aromatic N) is 1. The number of thiazole rings is 1. The van der Waals surface area contributed by atoms with Crippen LogP contribution in [0.25, 0.3) is 11.0 Å². The molecule has 27 heavy (non-hydrogen) atoms. The average Bonchev–Trinajstić information content (AvgIpc) is 3.33. The second kappa shape index (κ2) is 7.63. The zero-order chi connectivity index (χ0) is 18.6. The van der Waals surface area contributed by atoms with Crippen LogP contribution < -0.4 is 10.1 Å². The van der Waals surface area contributed by atoms with E-state index in [4.69, 9.17) is 9.15 Å². The third-order valence-corrected chi connectivity index (χ3v) is 4.97. The predicted molar refractivity (Wildman–Crippen MR) is 105 cm³/mol. The van der Waals surface area contributed by atoms with E-state index in [0.717, 1.165) is 28.0 Å². The lowest BCUT2D eigenvalue weighted by molar-refractivity contribution is 0.0948. The molecular formula is C21H18N2O3S. The molecule has 0 unspecified atom stereocenters. The number of amides is 1. The van der Waals surface area contributed by atoms with Gasteiger partial charge in [-0.1, -0.05) is 18.2 Å². The van der Waals surface area contributed by atoms with E-state index in [1.807, 2.05) is 36.6 Å². The topological polar surface area (TPSA) is 64.4 Å². The second-order valence-electron chi connectivity index (χ2n) is 6.12. The van der Waals surface area contributed by atoms with Crippen molar-refractivity contribution in [1.29, 1.82) is 0 Å². The van der Waals surface area contributed by atoms with E-state index in [-0.39, 0.29) is 5.91 Å². The van der Waals surface area contributed by atoms with E-state index < -0.39 is 0 Å². The third kappa shape index (κ3) is 3.85. The van der Waals surface area contributed by atoms with E-state index in [9.17, 15) is 4.79 Å². The van der Waals surface area contributed by atoms with Crippen molar-refractivity contribution >= 4 is 28.2 Å². The standard InChI is InChI=1S/C21H18N2O3S/c1-14-18-4-2-3-5-19(18)26-20(14)10-22-21(24)15-6-8-17(9-7-15)25-11-16-12-27-13-23-16/h2-9,12-13H,10-11H2,1H3,(H,22,24). The minimum absolute atomic E-state index is 0.152. The summed E-state index contributed by atoms with van der Waals surface area (Å²) in [6.07, 6.45) is 0. The first-order valence-corrected chi connectivity index (χ1v) is 9.50. The molecule has 0 atom stereocenters. The number of hydrogen-bond acceptors (Lipinski definition) is 5. The first-order chi connectivity index (χ1) is 13.2. The quantitative estimate of drug-likeness (QED) is 0.528. The summed E-state index contributed by atoms with van der Waals surface area (Å²) >= 11 is 1.54. The Morgan fingerprint density at radius 3 is 2.74 bits per heavy atom. The van der Waals surface area contributed by atoms with Crippen LogP contribution in [0.15, 0.2) is 63.8 Å². The van der Waals surface area contributed by atoms with Gasteiger partial charge in [0.2, 0.25) is 0 Å². The molecule has 0 fully saturated rings. The highest BCUT2D eigenvalue weighted by atomic mass is 32.1. The Bertz CT molecular complexity index is 1050. The van der Waals surface area contributed by atoms with E-state index in [2.05, 4.69) is 10.3 Å². The van der Waals surface area contributed by atoms with Crippen molar-refractivity contribution in [2.75, 3.05) is 0 Å². The Balaban J connectivity index is 1.37. The molecule has 1 N–H and O–H groups in total. The SMILES string of the molecule is Cc1c(CNC(=O)c2ccc(OCc3cscn3)cc2)oc2ccccc12. The van der Waals surface area contributed by atoms with Gasteiger partial charge in [0.05, 0.1) is 17.7 Å². The minimum Gasteiger partial charge on any atom is -0.487 e. The van der Waals surface area contributed by atoms with Crippen LogP contribution in [0.2, 0.25) is 0 Å². The molecule has 0 aliphatic heterocycles. The number of para-hydroxylation sites is 1. The van der Waals surface area contributed by atoms with Gasteiger partial charge in [0, 0.05) is 21.9 Å². The van der Waals surface area contributed by atoms with Crippen LogP contribution >= 0.6 is 11.3 Å². The molecule has 4 aromatic rings. The molecule has 0 spiro atoms. The van der Waals surface area contributed by atoms with Gasteiger partial charge in [-0.2, -0.15) is 0 Å². The Labute approximate surface area is 160 Å². The van der Waals surface area contributed by atoms with Gasteiger partial charge >= 0.3 is 0 Å². The number of benzene rings is 2. The number of fused-ring (bicyclic) bond motifs is 1. The van der Waals surface area contributed by atoms with Crippen molar-refractivity contribution < 1.29 is 13.9 Å². The highest BCUT2D eigenvalue weighted by Crippen LogP contribution is 2.24. The van der Waals surface area contributed by atoms with E-state index in [0.29, 0.717) is 24.5 Å². The number of carbonyl (C=O) groups is 1. The largest absolute Gasteiger partial charge is 0.487 e. The van der Waals surface area contributed by atoms with Crippen molar-refractivity contribution in [1.82, 2.24) is 10.3 Å². The lowest BCUT2D eigenvalue weighted by atomic mass is 10.1. The normalized spacial score (nSPS) is 10.9. The number of aromatic nitrogens is 1. The molecule has 2 aromatic heterocycles. The van der Waals surface area contributed by atoms with Crippen molar-refractivity contribution in [2.45, 2.75) is 20.1 Å². The molecule has 0 saturated carbocycles. The Morgan fingerprint density at radius 1 is 1.19 bits per heavy atom. The predicted octanol–water partition coefficient (Wildman–Crippen LogP) is 4.71. The zero-order valence-corrected chi connectivity index (χ0v) is 15.6. The summed E-state index contributed by atoms with van der Waals surface area (Å²) in [5, 5.41) is 5.93. The van der Waals surface area contributed by atoms with Crippen LogP contribution in [0, 0.1) is 6.92 Å². The van der Waals surface area contributed by atoms with Crippen molar-refractivity contribution in [2.24, 2.45) is 0 Å². The van der Waals surface area contributed by atoms with Crippen LogP contribution in [-0.2, 0) is 13.2 Å². The number of carbonyl (C=O) groups excluding carboxylic acids is 1. The van der Waals surface area contributed by atoms with Gasteiger partial charge in [-0.15, -0.1) is 11.3 Å². The van der Waals surface area contributed by atoms with Gasteiger partial charge < -0.3 is 14.5 Å². The van der Waals surface area contributed by atoms with E-state index in [1.54, 1.807) is 29.8 Å². The van der Waals surface area contributed by atoms with E-state index >= 15 is 0 Å². The monoisotopic (exact) mass is 378 g/mol. The summed E-state index contributed by atoms with van der Waals surface area (Å²) in [7, 11) is 0. The summed E-state index contributed by atoms with van der Waals surface area (Å²) in [5.74, 6) is 1.32. The smallest absolute Gasteiger partial charge is 0.251 e. The first kappa shape index (κ1) is 17.3. The van der Waals surface area contributed by atoms with Gasteiger partial charge in [-0.3, -0.25) is 4.79 Å². The lowest BCUT2D eigenvalue weighted by Gasteiger charge is -2.07. The highest BCUT2D eigenvalue weighted by molar-refractivity contribution is 7.07. The molecule has 6 heteroatoms. The number of furan rings is 1. The van der Waals surface area contributed by atoms with Crippen LogP contribution in [0.3, 0.4) is 0 Å². The van der Waals surface area contributed by atoms with Gasteiger partial charge in [0.15, 0.2) is 0 Å². The fourth-order valence-electron chi connectivity index (χ4n) is 2.82. The first-order valence-electron chi connectivity index (χ1n) is 8.56. The number of hydrogen-bond donors (Lipinski definition) is 1. The lowest BCUT2D eigenvalue weighted by Crippen LogP contribution is -2.22. The third-order valence-electron chi connectivity index (χ3n) is 4.34. The number of ether oxygens (including phenoxy) is 1. The average molecular weight is 378 g/mol. The van der Waals surface area contributed by atoms with Crippen LogP contribution in [0.1, 0.15) is 27.4 Å². The minimum atomic E-state index is -0.152. The molecular weight excluding hydrogens is 360 g/mol. The number of nitrogens with one attached hydrogen (secondary N) is 1. The molecule has 0 saturated heterocycles. The maximum Gasteiger partial charge on any atom is 0.251 e. The zero-order valence-electron chi connectivity index (χ0n) is 14.8. The van der Waals surface area contributed by atoms with Gasteiger partial charge in [-0.25, -0.2) is 4.98 Å². The fraction of sp³-hybridized carbons (Fsp3) is 0.143. The van der Waals surface area contributed by atoms with E-state index in [1.165, 1.54) is 11.3 Å². The molecule has 0 aliphatic rings. The maximum absolute atomic E-state index is 12.4. The summed E-state index contributed by atoms with van der Waals surface area (Å²) in [4.78, 5) is 16.6. The second-order valence-corrected chi connectivity index (χ2v) is 6.84. The molecule has 2 heterocycles. The summed E-state index contributed by atoms with van der Waals surface area (Å²) in [5.41, 5.74) is 5.13. The summed E-state index contributed by atoms with van der Waals surface area (Å²) < 4.78 is 11.5. The molecule has 1 amide bonds. The van der Waals surface area contributed by atoms with Gasteiger partial charge in [0.1, 0.15) is 23.7 Å². The molecule has 0 aliphatic carbocycles. The molecule has 0 radical (unpaired) electrons. The van der Waals surface area contributed by atoms with Crippen LogP contribution in [0.5, 0.6) is 5.75 Å². The summed E-state index contributed by atoms with van der Waals surface area (Å²) in [6, 6.07) is 14.9. The van der Waals surface area contributed by atoms with Crippen molar-refractivity contribution in [3.8, 4) is 5.75 Å². The molecule has 2 aromatic carbocycles. The Hall–Kier alpha value is -3.12. The summed E-state index contributed by atoms with van der Waals surface area (Å²) in [6.45, 7) is 2.77. The van der Waals surface area contributed by atoms with Crippen molar-refractivity contribution in [3.05, 3.63) is 82.0 Å². The molecule has 136 valence electrons. The molecule has 5 nitrogen and oxygen atoms in total. The Morgan fingerprint density at radius 2 is 2.00 bits per heavy atom. The molecule has 4 rings (SSSR count). The van der Waals surface area contributed by atoms with Crippen LogP contribution in [-0.4, -0.2) is 10.9 Å². The van der Waals surface area contributed by atoms with Gasteiger partial charge in [0.25, 0.3) is 5.91 Å². The van der Waals surface area contributed by atoms with Crippen LogP contribution in [0.4, 0.5) is 0 Å². The van der Waals surface area contributed by atoms with Gasteiger partial charge in [-0.05, 0) is 37.3 Å². The van der Waals surface area contributed by atoms with Crippen molar-refractivity contribution in [3.63, 3.8) is 0 Å². The maximum atomic E-state index is 12.4. The molecule has 0 bridgehead atoms. The number of aryl methyl sites for hydroxylation is 1. The number of rotatable bonds is 6.